The van der Waals surface area contributed by atoms with Gasteiger partial charge < -0.3 is 10.2 Å². The summed E-state index contributed by atoms with van der Waals surface area (Å²) < 4.78 is 54.9. The molecule has 1 heterocycles. The third kappa shape index (κ3) is 2.72. The Morgan fingerprint density at radius 2 is 1.34 bits per heavy atom. The third-order valence-electron chi connectivity index (χ3n) is 5.58. The number of fused-ring (bicyclic) bond motifs is 1. The molecule has 3 aromatic rings. The molecule has 0 saturated heterocycles. The van der Waals surface area contributed by atoms with E-state index in [1.165, 1.54) is 32.0 Å². The molecule has 4 nitrogen and oxygen atoms in total. The molecule has 0 spiro atoms. The molecule has 3 aromatic carbocycles. The van der Waals surface area contributed by atoms with Gasteiger partial charge in [-0.1, -0.05) is 30.3 Å². The maximum atomic E-state index is 14.5. The SMILES string of the molecule is Cc1cc(C2(c3cc(C)c(O)c(F)c3)CS(=O)(=O)c3ccccc32)cc(F)c1O. The Hall–Kier alpha value is -2.93. The van der Waals surface area contributed by atoms with Crippen molar-refractivity contribution in [1.29, 1.82) is 0 Å². The summed E-state index contributed by atoms with van der Waals surface area (Å²) in [6, 6.07) is 11.5. The fourth-order valence-corrected chi connectivity index (χ4v) is 6.22. The number of hydrogen-bond donors (Lipinski definition) is 2. The van der Waals surface area contributed by atoms with Crippen LogP contribution >= 0.6 is 0 Å². The van der Waals surface area contributed by atoms with Crippen molar-refractivity contribution < 1.29 is 27.4 Å². The lowest BCUT2D eigenvalue weighted by atomic mass is 9.70. The van der Waals surface area contributed by atoms with Crippen LogP contribution in [0.3, 0.4) is 0 Å². The number of benzene rings is 3. The van der Waals surface area contributed by atoms with Crippen LogP contribution in [0, 0.1) is 25.5 Å². The fourth-order valence-electron chi connectivity index (χ4n) is 4.14. The minimum absolute atomic E-state index is 0.0947. The first-order valence-corrected chi connectivity index (χ1v) is 10.5. The lowest BCUT2D eigenvalue weighted by Gasteiger charge is -2.32. The number of sulfone groups is 1. The van der Waals surface area contributed by atoms with Crippen LogP contribution in [0.15, 0.2) is 53.4 Å². The second kappa shape index (κ2) is 6.29. The lowest BCUT2D eigenvalue weighted by Crippen LogP contribution is -2.32. The Morgan fingerprint density at radius 3 is 1.83 bits per heavy atom. The summed E-state index contributed by atoms with van der Waals surface area (Å²) >= 11 is 0. The summed E-state index contributed by atoms with van der Waals surface area (Å²) in [5.74, 6) is -3.25. The van der Waals surface area contributed by atoms with Crippen molar-refractivity contribution >= 4 is 9.84 Å². The van der Waals surface area contributed by atoms with Crippen LogP contribution in [-0.4, -0.2) is 24.4 Å². The quantitative estimate of drug-likeness (QED) is 0.659. The van der Waals surface area contributed by atoms with Crippen molar-refractivity contribution in [1.82, 2.24) is 0 Å². The molecule has 0 bridgehead atoms. The largest absolute Gasteiger partial charge is 0.505 e. The van der Waals surface area contributed by atoms with Gasteiger partial charge in [0.25, 0.3) is 0 Å². The monoisotopic (exact) mass is 416 g/mol. The number of phenols is 2. The van der Waals surface area contributed by atoms with Gasteiger partial charge in [-0.05, 0) is 59.9 Å². The highest BCUT2D eigenvalue weighted by molar-refractivity contribution is 7.91. The van der Waals surface area contributed by atoms with Gasteiger partial charge in [-0.15, -0.1) is 0 Å². The summed E-state index contributed by atoms with van der Waals surface area (Å²) in [7, 11) is -3.75. The molecule has 0 aliphatic carbocycles. The predicted octanol–water partition coefficient (Wildman–Crippen LogP) is 4.11. The van der Waals surface area contributed by atoms with Gasteiger partial charge in [-0.2, -0.15) is 0 Å². The number of halogens is 2. The second-order valence-electron chi connectivity index (χ2n) is 7.41. The summed E-state index contributed by atoms with van der Waals surface area (Å²) in [6.07, 6.45) is 0. The summed E-state index contributed by atoms with van der Waals surface area (Å²) in [4.78, 5) is 0.0947. The Bertz CT molecular complexity index is 1160. The van der Waals surface area contributed by atoms with Crippen LogP contribution in [0.1, 0.15) is 27.8 Å². The summed E-state index contributed by atoms with van der Waals surface area (Å²) in [6.45, 7) is 3.02. The van der Waals surface area contributed by atoms with Gasteiger partial charge in [0.05, 0.1) is 16.1 Å². The van der Waals surface area contributed by atoms with E-state index in [0.717, 1.165) is 12.1 Å². The minimum atomic E-state index is -3.75. The number of rotatable bonds is 2. The maximum Gasteiger partial charge on any atom is 0.180 e. The molecule has 29 heavy (non-hydrogen) atoms. The van der Waals surface area contributed by atoms with E-state index in [9.17, 15) is 27.4 Å². The van der Waals surface area contributed by atoms with Gasteiger partial charge in [0, 0.05) is 0 Å². The number of aryl methyl sites for hydroxylation is 2. The second-order valence-corrected chi connectivity index (χ2v) is 9.37. The third-order valence-corrected chi connectivity index (χ3v) is 7.42. The van der Waals surface area contributed by atoms with Crippen LogP contribution in [0.25, 0.3) is 0 Å². The van der Waals surface area contributed by atoms with Crippen molar-refractivity contribution in [3.05, 3.63) is 88.0 Å². The van der Waals surface area contributed by atoms with E-state index < -0.39 is 44.1 Å². The number of phenolic OH excluding ortho intramolecular Hbond substituents is 2. The first-order valence-electron chi connectivity index (χ1n) is 8.89. The average Bonchev–Trinajstić information content (AvgIpc) is 2.92. The molecule has 1 aliphatic heterocycles. The summed E-state index contributed by atoms with van der Waals surface area (Å²) in [5.41, 5.74) is 0.0310. The van der Waals surface area contributed by atoms with Gasteiger partial charge in [-0.25, -0.2) is 17.2 Å². The van der Waals surface area contributed by atoms with E-state index in [2.05, 4.69) is 0 Å². The van der Waals surface area contributed by atoms with Crippen molar-refractivity contribution in [2.75, 3.05) is 5.75 Å². The Balaban J connectivity index is 2.16. The molecular formula is C22H18F2O4S. The van der Waals surface area contributed by atoms with Crippen molar-refractivity contribution in [3.8, 4) is 11.5 Å². The first kappa shape index (κ1) is 19.4. The average molecular weight is 416 g/mol. The molecule has 0 saturated carbocycles. The molecule has 0 aromatic heterocycles. The zero-order chi connectivity index (χ0) is 21.1. The van der Waals surface area contributed by atoms with Crippen LogP contribution in [0.4, 0.5) is 8.78 Å². The van der Waals surface area contributed by atoms with Crippen molar-refractivity contribution in [2.24, 2.45) is 0 Å². The van der Waals surface area contributed by atoms with Gasteiger partial charge in [0.2, 0.25) is 0 Å². The Labute approximate surface area is 167 Å². The first-order chi connectivity index (χ1) is 13.6. The highest BCUT2D eigenvalue weighted by Crippen LogP contribution is 2.50. The number of aromatic hydroxyl groups is 2. The molecule has 0 amide bonds. The van der Waals surface area contributed by atoms with Gasteiger partial charge >= 0.3 is 0 Å². The van der Waals surface area contributed by atoms with Crippen molar-refractivity contribution in [3.63, 3.8) is 0 Å². The van der Waals surface area contributed by atoms with E-state index in [0.29, 0.717) is 5.56 Å². The predicted molar refractivity (Wildman–Crippen MR) is 104 cm³/mol. The molecule has 4 rings (SSSR count). The van der Waals surface area contributed by atoms with E-state index in [1.54, 1.807) is 18.2 Å². The zero-order valence-electron chi connectivity index (χ0n) is 15.7. The molecule has 2 N–H and O–H groups in total. The normalized spacial score (nSPS) is 16.6. The van der Waals surface area contributed by atoms with E-state index >= 15 is 0 Å². The molecule has 0 radical (unpaired) electrons. The fraction of sp³-hybridized carbons (Fsp3) is 0.182. The van der Waals surface area contributed by atoms with Crippen molar-refractivity contribution in [2.45, 2.75) is 24.2 Å². The maximum absolute atomic E-state index is 14.5. The number of hydrogen-bond acceptors (Lipinski definition) is 4. The van der Waals surface area contributed by atoms with Crippen LogP contribution < -0.4 is 0 Å². The van der Waals surface area contributed by atoms with E-state index in [-0.39, 0.29) is 27.1 Å². The Morgan fingerprint density at radius 1 is 0.862 bits per heavy atom. The lowest BCUT2D eigenvalue weighted by molar-refractivity contribution is 0.425. The van der Waals surface area contributed by atoms with Crippen LogP contribution in [0.2, 0.25) is 0 Å². The molecule has 1 aliphatic rings. The highest BCUT2D eigenvalue weighted by Gasteiger charge is 2.50. The molecule has 0 atom stereocenters. The summed E-state index contributed by atoms with van der Waals surface area (Å²) in [5, 5.41) is 19.7. The Kier molecular flexibility index (Phi) is 4.20. The zero-order valence-corrected chi connectivity index (χ0v) is 16.5. The molecular weight excluding hydrogens is 398 g/mol. The molecule has 0 fully saturated rings. The van der Waals surface area contributed by atoms with Gasteiger partial charge in [0.15, 0.2) is 33.0 Å². The molecule has 150 valence electrons. The van der Waals surface area contributed by atoms with Crippen LogP contribution in [0.5, 0.6) is 11.5 Å². The van der Waals surface area contributed by atoms with E-state index in [1.807, 2.05) is 0 Å². The van der Waals surface area contributed by atoms with Gasteiger partial charge in [0.1, 0.15) is 0 Å². The van der Waals surface area contributed by atoms with Gasteiger partial charge in [-0.3, -0.25) is 0 Å². The minimum Gasteiger partial charge on any atom is -0.505 e. The molecule has 7 heteroatoms. The highest BCUT2D eigenvalue weighted by atomic mass is 32.2. The standard InChI is InChI=1S/C22H18F2O4S/c1-12-7-14(9-17(23)20(12)25)22(15-8-13(2)21(26)18(24)10-15)11-29(27,28)19-6-4-3-5-16(19)22/h3-10,25-26H,11H2,1-2H3. The van der Waals surface area contributed by atoms with E-state index in [4.69, 9.17) is 0 Å². The van der Waals surface area contributed by atoms with Crippen LogP contribution in [-0.2, 0) is 15.3 Å². The smallest absolute Gasteiger partial charge is 0.180 e. The molecule has 0 unspecified atom stereocenters. The topological polar surface area (TPSA) is 74.6 Å².